The van der Waals surface area contributed by atoms with Gasteiger partial charge < -0.3 is 9.42 Å². The van der Waals surface area contributed by atoms with Crippen LogP contribution in [0.4, 0.5) is 5.95 Å². The third-order valence-electron chi connectivity index (χ3n) is 5.53. The van der Waals surface area contributed by atoms with Crippen LogP contribution in [0.25, 0.3) is 22.8 Å². The Morgan fingerprint density at radius 3 is 2.81 bits per heavy atom. The average molecular weight is 438 g/mol. The largest absolute Gasteiger partial charge is 0.356 e. The summed E-state index contributed by atoms with van der Waals surface area (Å²) < 4.78 is 8.79. The highest BCUT2D eigenvalue weighted by Gasteiger charge is 2.32. The molecule has 1 saturated heterocycles. The number of halogens is 1. The van der Waals surface area contributed by atoms with E-state index in [2.05, 4.69) is 25.4 Å². The second-order valence-corrected chi connectivity index (χ2v) is 7.98. The Balaban J connectivity index is 1.46. The summed E-state index contributed by atoms with van der Waals surface area (Å²) in [5.41, 5.74) is 2.14. The smallest absolute Gasteiger partial charge is 0.266 e. The minimum absolute atomic E-state index is 0.0283. The molecule has 0 N–H and O–H groups in total. The molecule has 1 unspecified atom stereocenters. The number of rotatable bonds is 4. The van der Waals surface area contributed by atoms with Crippen LogP contribution in [0, 0.1) is 0 Å². The molecule has 4 heterocycles. The van der Waals surface area contributed by atoms with Gasteiger partial charge in [-0.1, -0.05) is 28.9 Å². The first kappa shape index (κ1) is 19.5. The fourth-order valence-corrected chi connectivity index (χ4v) is 4.14. The Labute approximate surface area is 182 Å². The summed E-state index contributed by atoms with van der Waals surface area (Å²) in [6, 6.07) is 12.6. The highest BCUT2D eigenvalue weighted by molar-refractivity contribution is 6.30. The van der Waals surface area contributed by atoms with Gasteiger partial charge >= 0.3 is 0 Å². The Bertz CT molecular complexity index is 1310. The first-order valence-electron chi connectivity index (χ1n) is 9.94. The fraction of sp³-hybridized carbons (Fsp3) is 0.286. The van der Waals surface area contributed by atoms with Crippen molar-refractivity contribution >= 4 is 17.5 Å². The minimum atomic E-state index is -0.174. The van der Waals surface area contributed by atoms with Crippen molar-refractivity contribution in [2.45, 2.75) is 18.9 Å². The van der Waals surface area contributed by atoms with Crippen LogP contribution in [0.5, 0.6) is 0 Å². The molecule has 0 saturated carbocycles. The van der Waals surface area contributed by atoms with Crippen LogP contribution in [0.1, 0.15) is 24.6 Å². The lowest BCUT2D eigenvalue weighted by Gasteiger charge is -2.23. The summed E-state index contributed by atoms with van der Waals surface area (Å²) in [5, 5.41) is 18.0. The molecule has 1 aromatic carbocycles. The molecule has 0 bridgehead atoms. The molecule has 10 heteroatoms. The highest BCUT2D eigenvalue weighted by atomic mass is 35.5. The predicted octanol–water partition coefficient (Wildman–Crippen LogP) is 3.23. The van der Waals surface area contributed by atoms with Crippen molar-refractivity contribution in [1.29, 1.82) is 0 Å². The summed E-state index contributed by atoms with van der Waals surface area (Å²) in [7, 11) is 3.51. The second kappa shape index (κ2) is 7.66. The molecule has 1 aliphatic rings. The third-order valence-corrected chi connectivity index (χ3v) is 5.77. The van der Waals surface area contributed by atoms with E-state index in [1.807, 2.05) is 41.9 Å². The van der Waals surface area contributed by atoms with Gasteiger partial charge in [0.05, 0.1) is 6.04 Å². The van der Waals surface area contributed by atoms with Crippen LogP contribution in [0.2, 0.25) is 5.02 Å². The van der Waals surface area contributed by atoms with E-state index in [4.69, 9.17) is 16.1 Å². The maximum atomic E-state index is 11.7. The van der Waals surface area contributed by atoms with Gasteiger partial charge in [-0.15, -0.1) is 10.2 Å². The molecule has 0 amide bonds. The number of nitrogens with zero attached hydrogens (tertiary/aromatic N) is 7. The molecular weight excluding hydrogens is 418 g/mol. The van der Waals surface area contributed by atoms with E-state index in [-0.39, 0.29) is 11.6 Å². The van der Waals surface area contributed by atoms with Gasteiger partial charge in [-0.3, -0.25) is 9.36 Å². The van der Waals surface area contributed by atoms with Crippen LogP contribution >= 0.6 is 11.6 Å². The van der Waals surface area contributed by atoms with Gasteiger partial charge in [-0.2, -0.15) is 5.10 Å². The van der Waals surface area contributed by atoms with Gasteiger partial charge in [0.1, 0.15) is 11.4 Å². The number of aryl methyl sites for hydroxylation is 1. The zero-order valence-electron chi connectivity index (χ0n) is 17.1. The van der Waals surface area contributed by atoms with E-state index in [1.54, 1.807) is 13.1 Å². The second-order valence-electron chi connectivity index (χ2n) is 7.54. The number of anilines is 1. The van der Waals surface area contributed by atoms with E-state index < -0.39 is 0 Å². The summed E-state index contributed by atoms with van der Waals surface area (Å²) in [6.45, 7) is 0.830. The van der Waals surface area contributed by atoms with Crippen molar-refractivity contribution in [2.24, 2.45) is 14.1 Å². The molecule has 1 atom stereocenters. The Hall–Kier alpha value is -3.46. The Morgan fingerprint density at radius 2 is 2.00 bits per heavy atom. The molecule has 31 heavy (non-hydrogen) atoms. The van der Waals surface area contributed by atoms with Gasteiger partial charge in [0, 0.05) is 43.4 Å². The fourth-order valence-electron chi connectivity index (χ4n) is 3.95. The maximum absolute atomic E-state index is 11.7. The lowest BCUT2D eigenvalue weighted by atomic mass is 10.1. The number of benzene rings is 1. The molecule has 5 rings (SSSR count). The summed E-state index contributed by atoms with van der Waals surface area (Å²) in [5.74, 6) is 1.99. The molecule has 158 valence electrons. The zero-order valence-corrected chi connectivity index (χ0v) is 17.8. The Kier molecular flexibility index (Phi) is 4.82. The third kappa shape index (κ3) is 3.50. The average Bonchev–Trinajstić information content (AvgIpc) is 3.49. The van der Waals surface area contributed by atoms with Gasteiger partial charge in [-0.25, -0.2) is 4.68 Å². The first-order chi connectivity index (χ1) is 15.0. The lowest BCUT2D eigenvalue weighted by molar-refractivity contribution is 0.416. The van der Waals surface area contributed by atoms with Crippen LogP contribution in [-0.4, -0.2) is 36.2 Å². The molecule has 4 aromatic rings. The summed E-state index contributed by atoms with van der Waals surface area (Å²) >= 11 is 6.11. The van der Waals surface area contributed by atoms with Gasteiger partial charge in [0.15, 0.2) is 11.6 Å². The summed E-state index contributed by atoms with van der Waals surface area (Å²) in [4.78, 5) is 13.8. The van der Waals surface area contributed by atoms with E-state index in [0.29, 0.717) is 22.3 Å². The number of hydrogen-bond acceptors (Lipinski definition) is 7. The topological polar surface area (TPSA) is 94.9 Å². The van der Waals surface area contributed by atoms with Gasteiger partial charge in [0.25, 0.3) is 5.56 Å². The van der Waals surface area contributed by atoms with Crippen molar-refractivity contribution in [2.75, 3.05) is 11.4 Å². The number of hydrogen-bond donors (Lipinski definition) is 0. The van der Waals surface area contributed by atoms with Gasteiger partial charge in [0.2, 0.25) is 5.95 Å². The molecule has 3 aromatic heterocycles. The highest BCUT2D eigenvalue weighted by Crippen LogP contribution is 2.37. The number of aromatic nitrogens is 6. The molecular formula is C21H20ClN7O2. The molecule has 1 fully saturated rings. The van der Waals surface area contributed by atoms with Crippen molar-refractivity contribution in [3.63, 3.8) is 0 Å². The monoisotopic (exact) mass is 437 g/mol. The van der Waals surface area contributed by atoms with Gasteiger partial charge in [-0.05, 0) is 31.0 Å². The van der Waals surface area contributed by atoms with E-state index in [1.165, 1.54) is 10.7 Å². The minimum Gasteiger partial charge on any atom is -0.356 e. The quantitative estimate of drug-likeness (QED) is 0.483. The maximum Gasteiger partial charge on any atom is 0.266 e. The van der Waals surface area contributed by atoms with Crippen molar-refractivity contribution in [3.8, 4) is 22.8 Å². The van der Waals surface area contributed by atoms with Crippen LogP contribution in [0.15, 0.2) is 51.8 Å². The van der Waals surface area contributed by atoms with E-state index >= 15 is 0 Å². The first-order valence-corrected chi connectivity index (χ1v) is 10.3. The van der Waals surface area contributed by atoms with Crippen molar-refractivity contribution in [1.82, 2.24) is 29.7 Å². The van der Waals surface area contributed by atoms with E-state index in [0.717, 1.165) is 36.6 Å². The Morgan fingerprint density at radius 1 is 1.13 bits per heavy atom. The molecule has 9 nitrogen and oxygen atoms in total. The van der Waals surface area contributed by atoms with Crippen molar-refractivity contribution in [3.05, 3.63) is 63.5 Å². The van der Waals surface area contributed by atoms with Crippen molar-refractivity contribution < 1.29 is 4.52 Å². The van der Waals surface area contributed by atoms with Crippen LogP contribution in [0.3, 0.4) is 0 Å². The molecule has 0 spiro atoms. The molecule has 0 radical (unpaired) electrons. The SMILES string of the molecule is Cn1c(-c2ccc(=O)n(C)n2)nnc1N1CCCC1c1cc(-c2cccc(Cl)c2)on1. The van der Waals surface area contributed by atoms with Crippen LogP contribution in [-0.2, 0) is 14.1 Å². The van der Waals surface area contributed by atoms with E-state index in [9.17, 15) is 4.79 Å². The van der Waals surface area contributed by atoms with Crippen LogP contribution < -0.4 is 10.5 Å². The standard InChI is InChI=1S/C21H20ClN7O2/c1-27-20(15-8-9-19(30)28(2)25-15)23-24-21(27)29-10-4-7-17(29)16-12-18(31-26-16)13-5-3-6-14(22)11-13/h3,5-6,8-9,11-12,17H,4,7,10H2,1-2H3. The summed E-state index contributed by atoms with van der Waals surface area (Å²) in [6.07, 6.45) is 1.94. The predicted molar refractivity (Wildman–Crippen MR) is 116 cm³/mol. The lowest BCUT2D eigenvalue weighted by Crippen LogP contribution is -2.26. The zero-order chi connectivity index (χ0) is 21.5. The molecule has 1 aliphatic heterocycles. The normalized spacial score (nSPS) is 16.2. The molecule has 0 aliphatic carbocycles.